The van der Waals surface area contributed by atoms with Gasteiger partial charge in [-0.15, -0.1) is 0 Å². The van der Waals surface area contributed by atoms with Crippen LogP contribution in [-0.2, 0) is 14.6 Å². The Morgan fingerprint density at radius 3 is 2.94 bits per heavy atom. The van der Waals surface area contributed by atoms with E-state index in [1.165, 1.54) is 6.26 Å². The summed E-state index contributed by atoms with van der Waals surface area (Å²) < 4.78 is 27.1. The standard InChI is InChI=1S/C9H19N3O3S/c1-16(13,14)6-4-11-9(10)12-7-8-3-2-5-15-8/h8H,2-7H2,1H3,(H3,10,11,12). The summed E-state index contributed by atoms with van der Waals surface area (Å²) >= 11 is 0. The minimum absolute atomic E-state index is 0.0587. The number of hydrogen-bond acceptors (Lipinski definition) is 4. The van der Waals surface area contributed by atoms with Gasteiger partial charge in [0.1, 0.15) is 9.84 Å². The molecular weight excluding hydrogens is 230 g/mol. The van der Waals surface area contributed by atoms with Gasteiger partial charge in [0.2, 0.25) is 0 Å². The van der Waals surface area contributed by atoms with Crippen molar-refractivity contribution < 1.29 is 13.2 Å². The molecule has 3 N–H and O–H groups in total. The van der Waals surface area contributed by atoms with E-state index in [0.29, 0.717) is 13.1 Å². The van der Waals surface area contributed by atoms with Crippen molar-refractivity contribution in [2.45, 2.75) is 18.9 Å². The number of sulfone groups is 1. The van der Waals surface area contributed by atoms with Crippen molar-refractivity contribution in [3.63, 3.8) is 0 Å². The number of rotatable bonds is 5. The van der Waals surface area contributed by atoms with Gasteiger partial charge in [0, 0.05) is 19.4 Å². The van der Waals surface area contributed by atoms with Gasteiger partial charge >= 0.3 is 0 Å². The Morgan fingerprint density at radius 2 is 2.38 bits per heavy atom. The van der Waals surface area contributed by atoms with Crippen molar-refractivity contribution in [3.8, 4) is 0 Å². The van der Waals surface area contributed by atoms with Crippen LogP contribution in [0.4, 0.5) is 0 Å². The Morgan fingerprint density at radius 1 is 1.62 bits per heavy atom. The van der Waals surface area contributed by atoms with Gasteiger partial charge < -0.3 is 15.8 Å². The Balaban J connectivity index is 2.18. The highest BCUT2D eigenvalue weighted by atomic mass is 32.2. The van der Waals surface area contributed by atoms with Gasteiger partial charge in [-0.1, -0.05) is 0 Å². The van der Waals surface area contributed by atoms with Crippen molar-refractivity contribution in [1.82, 2.24) is 5.32 Å². The van der Waals surface area contributed by atoms with Crippen LogP contribution in [0.2, 0.25) is 0 Å². The first-order valence-corrected chi connectivity index (χ1v) is 7.36. The number of nitrogens with zero attached hydrogens (tertiary/aromatic N) is 1. The maximum absolute atomic E-state index is 10.8. The second-order valence-electron chi connectivity index (χ2n) is 3.92. The predicted octanol–water partition coefficient (Wildman–Crippen LogP) is -0.886. The van der Waals surface area contributed by atoms with E-state index in [2.05, 4.69) is 10.3 Å². The molecule has 0 radical (unpaired) electrons. The third-order valence-electron chi connectivity index (χ3n) is 2.27. The summed E-state index contributed by atoms with van der Waals surface area (Å²) in [7, 11) is -2.95. The molecule has 1 fully saturated rings. The van der Waals surface area contributed by atoms with Crippen LogP contribution in [0.1, 0.15) is 12.8 Å². The van der Waals surface area contributed by atoms with Crippen LogP contribution in [0.25, 0.3) is 0 Å². The van der Waals surface area contributed by atoms with Gasteiger partial charge in [-0.2, -0.15) is 0 Å². The van der Waals surface area contributed by atoms with Crippen LogP contribution in [0.15, 0.2) is 4.99 Å². The van der Waals surface area contributed by atoms with E-state index in [4.69, 9.17) is 10.5 Å². The fourth-order valence-electron chi connectivity index (χ4n) is 1.41. The minimum Gasteiger partial charge on any atom is -0.376 e. The maximum atomic E-state index is 10.8. The molecule has 0 aliphatic carbocycles. The van der Waals surface area contributed by atoms with Gasteiger partial charge in [0.15, 0.2) is 5.96 Å². The van der Waals surface area contributed by atoms with Crippen molar-refractivity contribution in [3.05, 3.63) is 0 Å². The molecule has 7 heteroatoms. The number of nitrogens with one attached hydrogen (secondary N) is 1. The summed E-state index contributed by atoms with van der Waals surface area (Å²) in [6.07, 6.45) is 3.44. The van der Waals surface area contributed by atoms with E-state index < -0.39 is 9.84 Å². The SMILES string of the molecule is CS(=O)(=O)CCNC(N)=NCC1CCCO1. The third-order valence-corrected chi connectivity index (χ3v) is 3.21. The lowest BCUT2D eigenvalue weighted by molar-refractivity contribution is 0.118. The number of guanidine groups is 1. The highest BCUT2D eigenvalue weighted by Gasteiger charge is 2.14. The molecule has 1 unspecified atom stereocenters. The quantitative estimate of drug-likeness (QED) is 0.487. The van der Waals surface area contributed by atoms with Crippen LogP contribution in [-0.4, -0.2) is 52.2 Å². The monoisotopic (exact) mass is 249 g/mol. The van der Waals surface area contributed by atoms with Crippen molar-refractivity contribution in [2.75, 3.05) is 31.7 Å². The molecule has 1 rings (SSSR count). The predicted molar refractivity (Wildman–Crippen MR) is 63.2 cm³/mol. The molecule has 0 spiro atoms. The topological polar surface area (TPSA) is 93.8 Å². The first-order valence-electron chi connectivity index (χ1n) is 5.30. The molecule has 0 aromatic carbocycles. The van der Waals surface area contributed by atoms with Crippen LogP contribution in [0.5, 0.6) is 0 Å². The van der Waals surface area contributed by atoms with Crippen molar-refractivity contribution >= 4 is 15.8 Å². The summed E-state index contributed by atoms with van der Waals surface area (Å²) in [4.78, 5) is 4.09. The second kappa shape index (κ2) is 6.05. The molecule has 0 amide bonds. The summed E-state index contributed by atoms with van der Waals surface area (Å²) in [5, 5.41) is 2.76. The lowest BCUT2D eigenvalue weighted by atomic mass is 10.2. The maximum Gasteiger partial charge on any atom is 0.188 e. The molecule has 6 nitrogen and oxygen atoms in total. The molecule has 1 saturated heterocycles. The largest absolute Gasteiger partial charge is 0.376 e. The Hall–Kier alpha value is -0.820. The van der Waals surface area contributed by atoms with E-state index in [-0.39, 0.29) is 17.8 Å². The molecule has 0 saturated carbocycles. The molecule has 1 heterocycles. The van der Waals surface area contributed by atoms with Gasteiger partial charge in [-0.05, 0) is 12.8 Å². The highest BCUT2D eigenvalue weighted by molar-refractivity contribution is 7.90. The van der Waals surface area contributed by atoms with E-state index in [1.807, 2.05) is 0 Å². The van der Waals surface area contributed by atoms with Crippen LogP contribution in [0, 0.1) is 0 Å². The zero-order valence-electron chi connectivity index (χ0n) is 9.48. The zero-order valence-corrected chi connectivity index (χ0v) is 10.3. The number of nitrogens with two attached hydrogens (primary N) is 1. The van der Waals surface area contributed by atoms with Crippen LogP contribution in [0.3, 0.4) is 0 Å². The summed E-state index contributed by atoms with van der Waals surface area (Å²) in [5.74, 6) is 0.336. The van der Waals surface area contributed by atoms with Gasteiger partial charge in [-0.25, -0.2) is 8.42 Å². The van der Waals surface area contributed by atoms with E-state index in [1.54, 1.807) is 0 Å². The number of hydrogen-bond donors (Lipinski definition) is 2. The number of aliphatic imine (C=N–C) groups is 1. The summed E-state index contributed by atoms with van der Waals surface area (Å²) in [6, 6.07) is 0. The van der Waals surface area contributed by atoms with E-state index >= 15 is 0 Å². The first-order chi connectivity index (χ1) is 7.47. The normalized spacial score (nSPS) is 22.3. The molecule has 0 aromatic rings. The summed E-state index contributed by atoms with van der Waals surface area (Å²) in [6.45, 7) is 1.62. The first kappa shape index (κ1) is 13.2. The fourth-order valence-corrected chi connectivity index (χ4v) is 1.88. The Labute approximate surface area is 96.2 Å². The average molecular weight is 249 g/mol. The molecule has 94 valence electrons. The molecule has 1 aliphatic rings. The minimum atomic E-state index is -2.95. The molecule has 1 aliphatic heterocycles. The average Bonchev–Trinajstić information content (AvgIpc) is 2.65. The Bertz CT molecular complexity index is 334. The lowest BCUT2D eigenvalue weighted by Gasteiger charge is -2.07. The smallest absolute Gasteiger partial charge is 0.188 e. The van der Waals surface area contributed by atoms with Crippen molar-refractivity contribution in [2.24, 2.45) is 10.7 Å². The van der Waals surface area contributed by atoms with Crippen LogP contribution < -0.4 is 11.1 Å². The fraction of sp³-hybridized carbons (Fsp3) is 0.889. The van der Waals surface area contributed by atoms with Crippen LogP contribution >= 0.6 is 0 Å². The van der Waals surface area contributed by atoms with E-state index in [0.717, 1.165) is 19.4 Å². The summed E-state index contributed by atoms with van der Waals surface area (Å²) in [5.41, 5.74) is 5.57. The third kappa shape index (κ3) is 5.92. The van der Waals surface area contributed by atoms with Gasteiger partial charge in [0.25, 0.3) is 0 Å². The van der Waals surface area contributed by atoms with Gasteiger partial charge in [-0.3, -0.25) is 4.99 Å². The lowest BCUT2D eigenvalue weighted by Crippen LogP contribution is -2.35. The van der Waals surface area contributed by atoms with Gasteiger partial charge in [0.05, 0.1) is 18.4 Å². The molecule has 1 atom stereocenters. The molecular formula is C9H19N3O3S. The highest BCUT2D eigenvalue weighted by Crippen LogP contribution is 2.11. The molecule has 0 aromatic heterocycles. The molecule has 0 bridgehead atoms. The Kier molecular flexibility index (Phi) is 5.01. The second-order valence-corrected chi connectivity index (χ2v) is 6.18. The zero-order chi connectivity index (χ0) is 12.0. The number of ether oxygens (including phenoxy) is 1. The van der Waals surface area contributed by atoms with E-state index in [9.17, 15) is 8.42 Å². The molecule has 16 heavy (non-hydrogen) atoms. The van der Waals surface area contributed by atoms with Crippen molar-refractivity contribution in [1.29, 1.82) is 0 Å².